The molecule has 0 atom stereocenters. The van der Waals surface area contributed by atoms with Crippen LogP contribution < -0.4 is 4.90 Å². The van der Waals surface area contributed by atoms with Gasteiger partial charge in [-0.2, -0.15) is 0 Å². The van der Waals surface area contributed by atoms with Crippen LogP contribution >= 0.6 is 22.7 Å². The topological polar surface area (TPSA) is 3.24 Å². The number of thiophene rings is 2. The third-order valence-electron chi connectivity index (χ3n) is 11.2. The van der Waals surface area contributed by atoms with Crippen LogP contribution in [-0.4, -0.2) is 0 Å². The molecule has 8 aromatic carbocycles. The van der Waals surface area contributed by atoms with E-state index in [0.717, 1.165) is 29.9 Å². The average Bonchev–Trinajstić information content (AvgIpc) is 3.82. The molecule has 0 saturated heterocycles. The lowest BCUT2D eigenvalue weighted by molar-refractivity contribution is 1.01. The number of benzene rings is 8. The van der Waals surface area contributed by atoms with E-state index in [1.54, 1.807) is 0 Å². The van der Waals surface area contributed by atoms with Crippen molar-refractivity contribution in [2.45, 2.75) is 12.8 Å². The predicted octanol–water partition coefficient (Wildman–Crippen LogP) is 15.9. The molecule has 0 radical (unpaired) electrons. The summed E-state index contributed by atoms with van der Waals surface area (Å²) in [5.74, 6) is 0. The second-order valence-electron chi connectivity index (χ2n) is 14.4. The zero-order valence-electron chi connectivity index (χ0n) is 30.1. The van der Waals surface area contributed by atoms with Crippen LogP contribution in [0.25, 0.3) is 80.5 Å². The van der Waals surface area contributed by atoms with Crippen LogP contribution in [0.3, 0.4) is 0 Å². The van der Waals surface area contributed by atoms with Gasteiger partial charge >= 0.3 is 0 Å². The first-order valence-corrected chi connectivity index (χ1v) is 20.6. The van der Waals surface area contributed by atoms with Gasteiger partial charge in [0.15, 0.2) is 0 Å². The molecule has 11 rings (SSSR count). The normalized spacial score (nSPS) is 12.5. The van der Waals surface area contributed by atoms with Gasteiger partial charge in [-0.15, -0.1) is 22.7 Å². The highest BCUT2D eigenvalue weighted by Crippen LogP contribution is 2.45. The van der Waals surface area contributed by atoms with Gasteiger partial charge in [0.05, 0.1) is 5.69 Å². The van der Waals surface area contributed by atoms with E-state index in [4.69, 9.17) is 0 Å². The summed E-state index contributed by atoms with van der Waals surface area (Å²) in [7, 11) is 0. The Bertz CT molecular complexity index is 3080. The van der Waals surface area contributed by atoms with Gasteiger partial charge < -0.3 is 4.90 Å². The summed E-state index contributed by atoms with van der Waals surface area (Å²) in [6.07, 6.45) is 6.88. The van der Waals surface area contributed by atoms with Crippen LogP contribution in [0.5, 0.6) is 0 Å². The highest BCUT2D eigenvalue weighted by atomic mass is 32.1. The van der Waals surface area contributed by atoms with Gasteiger partial charge in [0.1, 0.15) is 0 Å². The Kier molecular flexibility index (Phi) is 7.75. The lowest BCUT2D eigenvalue weighted by Crippen LogP contribution is -2.10. The zero-order chi connectivity index (χ0) is 36.3. The van der Waals surface area contributed by atoms with E-state index in [0.29, 0.717) is 0 Å². The Morgan fingerprint density at radius 3 is 1.89 bits per heavy atom. The van der Waals surface area contributed by atoms with Crippen molar-refractivity contribution in [1.82, 2.24) is 0 Å². The molecule has 0 saturated carbocycles. The van der Waals surface area contributed by atoms with Gasteiger partial charge in [-0.25, -0.2) is 0 Å². The minimum absolute atomic E-state index is 1.14. The van der Waals surface area contributed by atoms with Gasteiger partial charge in [0.25, 0.3) is 0 Å². The minimum atomic E-state index is 1.14. The lowest BCUT2D eigenvalue weighted by Gasteiger charge is -2.27. The molecule has 3 heteroatoms. The standard InChI is InChI=1S/C52H35NS2/c1-3-11-36(12-4-1)41-27-28-48(43-16-8-7-15-42(41)43)53(39-13-5-2-6-14-39)40-25-30-51-47(33-40)45-26-23-38(32-52(45)55-51)35-21-19-34(20-22-35)37-24-29-50-46(31-37)44-17-9-10-18-49(44)54-50/h1-8,10-16,18-33H,9,17H2. The fourth-order valence-electron chi connectivity index (χ4n) is 8.45. The number of aryl methyl sites for hydroxylation is 1. The molecule has 1 nitrogen and oxygen atoms in total. The number of nitrogens with zero attached hydrogens (tertiary/aromatic N) is 1. The van der Waals surface area contributed by atoms with Crippen molar-refractivity contribution < 1.29 is 0 Å². The van der Waals surface area contributed by atoms with E-state index in [9.17, 15) is 0 Å². The van der Waals surface area contributed by atoms with Crippen molar-refractivity contribution in [3.8, 4) is 33.4 Å². The van der Waals surface area contributed by atoms with Crippen molar-refractivity contribution in [2.24, 2.45) is 0 Å². The first-order valence-electron chi connectivity index (χ1n) is 19.0. The SMILES string of the molecule is C1=Cc2sc3ccc(-c4ccc(-c5ccc6c(c5)sc5ccc(N(c7ccccc7)c7ccc(-c8ccccc8)c8ccccc78)cc56)cc4)cc3c2CC1. The molecule has 55 heavy (non-hydrogen) atoms. The molecule has 2 heterocycles. The van der Waals surface area contributed by atoms with E-state index < -0.39 is 0 Å². The van der Waals surface area contributed by atoms with Gasteiger partial charge in [-0.3, -0.25) is 0 Å². The molecule has 0 bridgehead atoms. The number of anilines is 3. The molecule has 2 aromatic heterocycles. The molecule has 0 N–H and O–H groups in total. The van der Waals surface area contributed by atoms with Gasteiger partial charge in [-0.1, -0.05) is 127 Å². The Hall–Kier alpha value is -6.26. The van der Waals surface area contributed by atoms with Crippen LogP contribution in [0.4, 0.5) is 17.1 Å². The van der Waals surface area contributed by atoms with Crippen molar-refractivity contribution in [2.75, 3.05) is 4.90 Å². The first-order chi connectivity index (χ1) is 27.2. The molecule has 1 aliphatic carbocycles. The minimum Gasteiger partial charge on any atom is -0.310 e. The highest BCUT2D eigenvalue weighted by molar-refractivity contribution is 7.25. The fraction of sp³-hybridized carbons (Fsp3) is 0.0385. The van der Waals surface area contributed by atoms with E-state index in [2.05, 4.69) is 193 Å². The molecular formula is C52H35NS2. The number of hydrogen-bond donors (Lipinski definition) is 0. The maximum atomic E-state index is 2.41. The average molecular weight is 738 g/mol. The molecule has 0 amide bonds. The molecule has 0 fully saturated rings. The maximum absolute atomic E-state index is 2.41. The van der Waals surface area contributed by atoms with Crippen molar-refractivity contribution in [1.29, 1.82) is 0 Å². The van der Waals surface area contributed by atoms with Crippen LogP contribution in [0, 0.1) is 0 Å². The quantitative estimate of drug-likeness (QED) is 0.164. The molecule has 1 aliphatic rings. The molecule has 0 aliphatic heterocycles. The maximum Gasteiger partial charge on any atom is 0.0540 e. The number of hydrogen-bond acceptors (Lipinski definition) is 3. The second kappa shape index (κ2) is 13.2. The summed E-state index contributed by atoms with van der Waals surface area (Å²) in [5, 5.41) is 6.47. The summed E-state index contributed by atoms with van der Waals surface area (Å²) >= 11 is 3.79. The number of para-hydroxylation sites is 1. The summed E-state index contributed by atoms with van der Waals surface area (Å²) in [6.45, 7) is 0. The highest BCUT2D eigenvalue weighted by Gasteiger charge is 2.19. The first kappa shape index (κ1) is 32.2. The summed E-state index contributed by atoms with van der Waals surface area (Å²) < 4.78 is 3.99. The van der Waals surface area contributed by atoms with E-state index in [1.165, 1.54) is 84.9 Å². The summed E-state index contributed by atoms with van der Waals surface area (Å²) in [6, 6.07) is 64.9. The fourth-order valence-corrected chi connectivity index (χ4v) is 10.7. The Morgan fingerprint density at radius 1 is 0.400 bits per heavy atom. The molecule has 0 spiro atoms. The van der Waals surface area contributed by atoms with Crippen molar-refractivity contribution in [3.63, 3.8) is 0 Å². The van der Waals surface area contributed by atoms with Crippen molar-refractivity contribution in [3.05, 3.63) is 192 Å². The zero-order valence-corrected chi connectivity index (χ0v) is 31.7. The van der Waals surface area contributed by atoms with Gasteiger partial charge in [0.2, 0.25) is 0 Å². The largest absolute Gasteiger partial charge is 0.310 e. The smallest absolute Gasteiger partial charge is 0.0540 e. The Balaban J connectivity index is 0.963. The lowest BCUT2D eigenvalue weighted by atomic mass is 9.96. The van der Waals surface area contributed by atoms with Crippen LogP contribution in [0.2, 0.25) is 0 Å². The third kappa shape index (κ3) is 5.58. The molecule has 260 valence electrons. The van der Waals surface area contributed by atoms with Crippen LogP contribution in [-0.2, 0) is 6.42 Å². The van der Waals surface area contributed by atoms with Gasteiger partial charge in [-0.05, 0) is 123 Å². The molecular weight excluding hydrogens is 703 g/mol. The van der Waals surface area contributed by atoms with E-state index >= 15 is 0 Å². The van der Waals surface area contributed by atoms with Crippen molar-refractivity contribution >= 4 is 86.8 Å². The van der Waals surface area contributed by atoms with Crippen LogP contribution in [0.15, 0.2) is 182 Å². The second-order valence-corrected chi connectivity index (χ2v) is 16.6. The molecule has 0 unspecified atom stereocenters. The number of rotatable bonds is 6. The Morgan fingerprint density at radius 2 is 1.07 bits per heavy atom. The van der Waals surface area contributed by atoms with Gasteiger partial charge in [0, 0.05) is 46.5 Å². The predicted molar refractivity (Wildman–Crippen MR) is 241 cm³/mol. The monoisotopic (exact) mass is 737 g/mol. The number of fused-ring (bicyclic) bond motifs is 7. The van der Waals surface area contributed by atoms with E-state index in [1.807, 2.05) is 22.7 Å². The third-order valence-corrected chi connectivity index (χ3v) is 13.5. The Labute approximate surface area is 328 Å². The summed E-state index contributed by atoms with van der Waals surface area (Å²) in [4.78, 5) is 3.84. The summed E-state index contributed by atoms with van der Waals surface area (Å²) in [5.41, 5.74) is 12.5. The molecule has 10 aromatic rings. The number of allylic oxidation sites excluding steroid dienone is 1. The van der Waals surface area contributed by atoms with Crippen LogP contribution in [0.1, 0.15) is 16.9 Å². The van der Waals surface area contributed by atoms with E-state index in [-0.39, 0.29) is 0 Å².